The lowest BCUT2D eigenvalue weighted by Crippen LogP contribution is -2.45. The zero-order valence-electron chi connectivity index (χ0n) is 20.7. The summed E-state index contributed by atoms with van der Waals surface area (Å²) >= 11 is 12.2. The number of methoxy groups -OCH3 is 1. The molecule has 0 aliphatic heterocycles. The standard InChI is InChI=1S/C29H24Cl2N2O5S/c1-38-26-15-13-22(31)18-27(26)39(36,37)33-25(16-19-8-4-2-5-9-19)29(35)32-24-14-12-21(30)17-23(24)28(34)20-10-6-3-7-11-20/h2-15,17-18,25,33H,16H2,1H3,(H,32,35). The van der Waals surface area contributed by atoms with E-state index < -0.39 is 22.0 Å². The molecule has 4 aromatic carbocycles. The molecule has 0 aromatic heterocycles. The van der Waals surface area contributed by atoms with Crippen LogP contribution in [0.1, 0.15) is 21.5 Å². The van der Waals surface area contributed by atoms with Crippen molar-refractivity contribution in [2.75, 3.05) is 12.4 Å². The Labute approximate surface area is 236 Å². The van der Waals surface area contributed by atoms with Crippen molar-refractivity contribution in [3.05, 3.63) is 124 Å². The maximum Gasteiger partial charge on any atom is 0.245 e. The fourth-order valence-corrected chi connectivity index (χ4v) is 5.73. The number of hydrogen-bond donors (Lipinski definition) is 2. The summed E-state index contributed by atoms with van der Waals surface area (Å²) in [6.07, 6.45) is 0.0321. The lowest BCUT2D eigenvalue weighted by Gasteiger charge is -2.21. The fourth-order valence-electron chi connectivity index (χ4n) is 3.93. The van der Waals surface area contributed by atoms with E-state index in [0.717, 1.165) is 5.56 Å². The normalized spacial score (nSPS) is 12.0. The van der Waals surface area contributed by atoms with Gasteiger partial charge in [0.2, 0.25) is 15.9 Å². The molecule has 0 bridgehead atoms. The molecule has 0 fully saturated rings. The van der Waals surface area contributed by atoms with Gasteiger partial charge in [-0.15, -0.1) is 0 Å². The molecular weight excluding hydrogens is 559 g/mol. The number of nitrogens with one attached hydrogen (secondary N) is 2. The molecule has 0 radical (unpaired) electrons. The van der Waals surface area contributed by atoms with Gasteiger partial charge in [0.1, 0.15) is 16.7 Å². The summed E-state index contributed by atoms with van der Waals surface area (Å²) in [4.78, 5) is 26.6. The van der Waals surface area contributed by atoms with E-state index in [1.54, 1.807) is 54.6 Å². The van der Waals surface area contributed by atoms with Gasteiger partial charge in [-0.2, -0.15) is 4.72 Å². The smallest absolute Gasteiger partial charge is 0.245 e. The summed E-state index contributed by atoms with van der Waals surface area (Å²) < 4.78 is 34.5. The van der Waals surface area contributed by atoms with Crippen LogP contribution in [0.5, 0.6) is 5.75 Å². The number of benzene rings is 4. The molecule has 0 saturated carbocycles. The first-order valence-corrected chi connectivity index (χ1v) is 14.0. The molecule has 0 aliphatic rings. The van der Waals surface area contributed by atoms with E-state index in [4.69, 9.17) is 27.9 Å². The summed E-state index contributed by atoms with van der Waals surface area (Å²) in [6, 6.07) is 24.9. The number of sulfonamides is 1. The molecular formula is C29H24Cl2N2O5S. The number of carbonyl (C=O) groups is 2. The van der Waals surface area contributed by atoms with Gasteiger partial charge >= 0.3 is 0 Å². The third-order valence-corrected chi connectivity index (χ3v) is 7.79. The van der Waals surface area contributed by atoms with Crippen molar-refractivity contribution in [1.29, 1.82) is 0 Å². The molecule has 39 heavy (non-hydrogen) atoms. The third kappa shape index (κ3) is 7.04. The predicted molar refractivity (Wildman–Crippen MR) is 152 cm³/mol. The Hall–Kier alpha value is -3.69. The minimum atomic E-state index is -4.27. The third-order valence-electron chi connectivity index (χ3n) is 5.83. The number of ether oxygens (including phenoxy) is 1. The van der Waals surface area contributed by atoms with Crippen LogP contribution in [0.25, 0.3) is 0 Å². The quantitative estimate of drug-likeness (QED) is 0.231. The molecule has 7 nitrogen and oxygen atoms in total. The minimum Gasteiger partial charge on any atom is -0.495 e. The molecule has 0 heterocycles. The Balaban J connectivity index is 1.69. The largest absolute Gasteiger partial charge is 0.495 e. The van der Waals surface area contributed by atoms with Crippen LogP contribution in [0.4, 0.5) is 5.69 Å². The lowest BCUT2D eigenvalue weighted by molar-refractivity contribution is -0.117. The monoisotopic (exact) mass is 582 g/mol. The topological polar surface area (TPSA) is 102 Å². The molecule has 0 saturated heterocycles. The van der Waals surface area contributed by atoms with Gasteiger partial charge in [-0.1, -0.05) is 83.9 Å². The molecule has 1 atom stereocenters. The van der Waals surface area contributed by atoms with E-state index >= 15 is 0 Å². The van der Waals surface area contributed by atoms with Gasteiger partial charge in [0, 0.05) is 21.2 Å². The lowest BCUT2D eigenvalue weighted by atomic mass is 10.0. The maximum absolute atomic E-state index is 13.6. The van der Waals surface area contributed by atoms with E-state index in [1.807, 2.05) is 6.07 Å². The zero-order valence-corrected chi connectivity index (χ0v) is 23.1. The van der Waals surface area contributed by atoms with Crippen LogP contribution in [0.2, 0.25) is 10.0 Å². The first kappa shape index (κ1) is 28.3. The number of halogens is 2. The second-order valence-electron chi connectivity index (χ2n) is 8.53. The number of amides is 1. The molecule has 200 valence electrons. The Bertz CT molecular complexity index is 1600. The number of ketones is 1. The molecule has 1 amide bonds. The average Bonchev–Trinajstić information content (AvgIpc) is 2.94. The summed E-state index contributed by atoms with van der Waals surface area (Å²) in [7, 11) is -2.93. The highest BCUT2D eigenvalue weighted by Gasteiger charge is 2.29. The van der Waals surface area contributed by atoms with E-state index in [-0.39, 0.29) is 39.1 Å². The van der Waals surface area contributed by atoms with Crippen molar-refractivity contribution < 1.29 is 22.7 Å². The van der Waals surface area contributed by atoms with Crippen LogP contribution >= 0.6 is 23.2 Å². The first-order valence-electron chi connectivity index (χ1n) is 11.8. The molecule has 4 aromatic rings. The van der Waals surface area contributed by atoms with E-state index in [1.165, 1.54) is 43.5 Å². The summed E-state index contributed by atoms with van der Waals surface area (Å²) in [6.45, 7) is 0. The van der Waals surface area contributed by atoms with Gasteiger partial charge in [0.05, 0.1) is 12.8 Å². The van der Waals surface area contributed by atoms with E-state index in [0.29, 0.717) is 10.6 Å². The predicted octanol–water partition coefficient (Wildman–Crippen LogP) is 5.76. The number of hydrogen-bond acceptors (Lipinski definition) is 5. The van der Waals surface area contributed by atoms with Gasteiger partial charge in [-0.3, -0.25) is 9.59 Å². The maximum atomic E-state index is 13.6. The van der Waals surface area contributed by atoms with Crippen molar-refractivity contribution in [2.45, 2.75) is 17.4 Å². The Morgan fingerprint density at radius 2 is 1.46 bits per heavy atom. The van der Waals surface area contributed by atoms with Crippen LogP contribution in [0.15, 0.2) is 102 Å². The van der Waals surface area contributed by atoms with Crippen molar-refractivity contribution in [3.63, 3.8) is 0 Å². The SMILES string of the molecule is COc1ccc(Cl)cc1S(=O)(=O)NC(Cc1ccccc1)C(=O)Nc1ccc(Cl)cc1C(=O)c1ccccc1. The number of carbonyl (C=O) groups excluding carboxylic acids is 2. The Morgan fingerprint density at radius 1 is 0.846 bits per heavy atom. The number of anilines is 1. The molecule has 2 N–H and O–H groups in total. The molecule has 0 spiro atoms. The van der Waals surface area contributed by atoms with Crippen molar-refractivity contribution >= 4 is 50.6 Å². The second-order valence-corrected chi connectivity index (χ2v) is 11.1. The Morgan fingerprint density at radius 3 is 2.13 bits per heavy atom. The summed E-state index contributed by atoms with van der Waals surface area (Å²) in [5.41, 5.74) is 1.48. The highest BCUT2D eigenvalue weighted by atomic mass is 35.5. The average molecular weight is 583 g/mol. The van der Waals surface area contributed by atoms with Crippen molar-refractivity contribution in [1.82, 2.24) is 4.72 Å². The van der Waals surface area contributed by atoms with Gasteiger partial charge < -0.3 is 10.1 Å². The summed E-state index contributed by atoms with van der Waals surface area (Å²) in [5, 5.41) is 3.21. The van der Waals surface area contributed by atoms with E-state index in [9.17, 15) is 18.0 Å². The van der Waals surface area contributed by atoms with Gasteiger partial charge in [-0.25, -0.2) is 8.42 Å². The van der Waals surface area contributed by atoms with Gasteiger partial charge in [-0.05, 0) is 48.4 Å². The molecule has 4 rings (SSSR count). The molecule has 0 aliphatic carbocycles. The van der Waals surface area contributed by atoms with Crippen LogP contribution in [0.3, 0.4) is 0 Å². The van der Waals surface area contributed by atoms with E-state index in [2.05, 4.69) is 10.0 Å². The van der Waals surface area contributed by atoms with Crippen LogP contribution in [-0.2, 0) is 21.2 Å². The van der Waals surface area contributed by atoms with Crippen LogP contribution in [-0.4, -0.2) is 33.3 Å². The number of rotatable bonds is 10. The Kier molecular flexibility index (Phi) is 9.04. The molecule has 1 unspecified atom stereocenters. The van der Waals surface area contributed by atoms with Crippen LogP contribution < -0.4 is 14.8 Å². The first-order chi connectivity index (χ1) is 18.7. The minimum absolute atomic E-state index is 0.0321. The van der Waals surface area contributed by atoms with Gasteiger partial charge in [0.15, 0.2) is 5.78 Å². The highest BCUT2D eigenvalue weighted by Crippen LogP contribution is 2.28. The van der Waals surface area contributed by atoms with Crippen LogP contribution in [0, 0.1) is 0 Å². The van der Waals surface area contributed by atoms with Crippen molar-refractivity contribution in [3.8, 4) is 5.75 Å². The van der Waals surface area contributed by atoms with Crippen molar-refractivity contribution in [2.24, 2.45) is 0 Å². The van der Waals surface area contributed by atoms with Gasteiger partial charge in [0.25, 0.3) is 0 Å². The molecule has 10 heteroatoms. The fraction of sp³-hybridized carbons (Fsp3) is 0.103. The highest BCUT2D eigenvalue weighted by molar-refractivity contribution is 7.89. The zero-order chi connectivity index (χ0) is 28.0. The summed E-state index contributed by atoms with van der Waals surface area (Å²) in [5.74, 6) is -0.954. The second kappa shape index (κ2) is 12.4.